The van der Waals surface area contributed by atoms with E-state index in [1.165, 1.54) is 4.46 Å². The molecule has 1 aromatic carbocycles. The molecular weight excluding hydrogens is 267 g/mol. The summed E-state index contributed by atoms with van der Waals surface area (Å²) in [5.74, 6) is 0.923. The summed E-state index contributed by atoms with van der Waals surface area (Å²) < 4.78 is 10.8. The number of benzene rings is 1. The van der Waals surface area contributed by atoms with E-state index in [0.717, 1.165) is 11.2 Å². The summed E-state index contributed by atoms with van der Waals surface area (Å²) in [6, 6.07) is 8.32. The summed E-state index contributed by atoms with van der Waals surface area (Å²) in [6.45, 7) is 0. The molecule has 1 heterocycles. The number of ether oxygens (including phenoxy) is 1. The van der Waals surface area contributed by atoms with Gasteiger partial charge in [0, 0.05) is 0 Å². The Morgan fingerprint density at radius 2 is 2.06 bits per heavy atom. The Balaban J connectivity index is 1.94. The first-order valence-electron chi connectivity index (χ1n) is 5.06. The van der Waals surface area contributed by atoms with Crippen LogP contribution in [0.2, 0.25) is 0 Å². The van der Waals surface area contributed by atoms with Gasteiger partial charge in [0.1, 0.15) is 0 Å². The summed E-state index contributed by atoms with van der Waals surface area (Å²) >= 11 is 0.471. The molecule has 4 heteroatoms. The Morgan fingerprint density at radius 3 is 2.62 bits per heavy atom. The van der Waals surface area contributed by atoms with Gasteiger partial charge >= 0.3 is 102 Å². The second-order valence-electron chi connectivity index (χ2n) is 3.54. The zero-order valence-electron chi connectivity index (χ0n) is 9.46. The fourth-order valence-corrected chi connectivity index (χ4v) is 3.03. The average molecular weight is 282 g/mol. The van der Waals surface area contributed by atoms with Gasteiger partial charge in [-0.05, 0) is 0 Å². The standard InChI is InChI=1S/C12H15N2OSe/c1-13-7-8-14(9-13)10-16-12-5-3-11(15-2)4-6-12/h3-9H,10H2,1-2H3/q+1. The van der Waals surface area contributed by atoms with Crippen LogP contribution in [0.4, 0.5) is 0 Å². The summed E-state index contributed by atoms with van der Waals surface area (Å²) in [5.41, 5.74) is 1.07. The molecule has 0 aliphatic heterocycles. The molecule has 0 saturated heterocycles. The van der Waals surface area contributed by atoms with Crippen molar-refractivity contribution in [2.24, 2.45) is 7.05 Å². The molecule has 1 aromatic heterocycles. The predicted octanol–water partition coefficient (Wildman–Crippen LogP) is 0.308. The molecule has 0 fully saturated rings. The second kappa shape index (κ2) is 5.19. The molecular formula is C12H15N2OSe+. The van der Waals surface area contributed by atoms with Gasteiger partial charge < -0.3 is 0 Å². The van der Waals surface area contributed by atoms with Crippen molar-refractivity contribution in [3.63, 3.8) is 0 Å². The van der Waals surface area contributed by atoms with Gasteiger partial charge in [0.2, 0.25) is 0 Å². The first kappa shape index (κ1) is 11.2. The molecule has 0 N–H and O–H groups in total. The molecule has 0 radical (unpaired) electrons. The average Bonchev–Trinajstić information content (AvgIpc) is 2.73. The molecule has 84 valence electrons. The molecule has 0 atom stereocenters. The van der Waals surface area contributed by atoms with Crippen LogP contribution < -0.4 is 13.8 Å². The van der Waals surface area contributed by atoms with Crippen molar-refractivity contribution in [1.82, 2.24) is 4.57 Å². The van der Waals surface area contributed by atoms with Crippen molar-refractivity contribution in [3.05, 3.63) is 43.0 Å². The maximum absolute atomic E-state index is 5.13. The monoisotopic (exact) mass is 283 g/mol. The minimum absolute atomic E-state index is 0.471. The van der Waals surface area contributed by atoms with Crippen LogP contribution in [-0.4, -0.2) is 26.6 Å². The Labute approximate surface area is 102 Å². The molecule has 3 nitrogen and oxygen atoms in total. The van der Waals surface area contributed by atoms with E-state index in [1.54, 1.807) is 7.11 Å². The van der Waals surface area contributed by atoms with Gasteiger partial charge in [-0.15, -0.1) is 0 Å². The number of hydrogen-bond donors (Lipinski definition) is 0. The zero-order valence-corrected chi connectivity index (χ0v) is 11.2. The van der Waals surface area contributed by atoms with Crippen LogP contribution in [-0.2, 0) is 12.5 Å². The fraction of sp³-hybridized carbons (Fsp3) is 0.250. The summed E-state index contributed by atoms with van der Waals surface area (Å²) in [6.07, 6.45) is 6.26. The van der Waals surface area contributed by atoms with Crippen molar-refractivity contribution in [2.75, 3.05) is 7.11 Å². The van der Waals surface area contributed by atoms with Crippen LogP contribution in [0.25, 0.3) is 0 Å². The predicted molar refractivity (Wildman–Crippen MR) is 64.0 cm³/mol. The third kappa shape index (κ3) is 2.87. The van der Waals surface area contributed by atoms with Gasteiger partial charge in [0.05, 0.1) is 0 Å². The van der Waals surface area contributed by atoms with Gasteiger partial charge in [-0.2, -0.15) is 0 Å². The number of nitrogens with zero attached hydrogens (tertiary/aromatic N) is 2. The number of hydrogen-bond acceptors (Lipinski definition) is 1. The number of aryl methyl sites for hydroxylation is 1. The Hall–Kier alpha value is -1.25. The van der Waals surface area contributed by atoms with Gasteiger partial charge in [-0.1, -0.05) is 0 Å². The van der Waals surface area contributed by atoms with E-state index in [1.807, 2.05) is 19.2 Å². The van der Waals surface area contributed by atoms with Crippen LogP contribution in [0, 0.1) is 0 Å². The molecule has 0 aliphatic carbocycles. The van der Waals surface area contributed by atoms with Gasteiger partial charge in [0.15, 0.2) is 0 Å². The topological polar surface area (TPSA) is 18.0 Å². The molecule has 0 aliphatic rings. The van der Waals surface area contributed by atoms with E-state index < -0.39 is 0 Å². The van der Waals surface area contributed by atoms with E-state index in [9.17, 15) is 0 Å². The van der Waals surface area contributed by atoms with E-state index in [4.69, 9.17) is 4.74 Å². The number of imidazole rings is 1. The fourth-order valence-electron chi connectivity index (χ4n) is 1.40. The first-order chi connectivity index (χ1) is 7.78. The van der Waals surface area contributed by atoms with Gasteiger partial charge in [0.25, 0.3) is 0 Å². The van der Waals surface area contributed by atoms with Gasteiger partial charge in [-0.25, -0.2) is 0 Å². The van der Waals surface area contributed by atoms with Crippen LogP contribution in [0.15, 0.2) is 43.0 Å². The first-order valence-corrected chi connectivity index (χ1v) is 7.12. The number of aromatic nitrogens is 2. The molecule has 0 spiro atoms. The van der Waals surface area contributed by atoms with Gasteiger partial charge in [-0.3, -0.25) is 0 Å². The van der Waals surface area contributed by atoms with Crippen LogP contribution >= 0.6 is 0 Å². The molecule has 0 amide bonds. The SMILES string of the molecule is COc1ccc([Se]Cn2cc[n+](C)c2)cc1. The Bertz CT molecular complexity index is 450. The quantitative estimate of drug-likeness (QED) is 0.583. The van der Waals surface area contributed by atoms with E-state index in [0.29, 0.717) is 15.0 Å². The normalized spacial score (nSPS) is 10.4. The Morgan fingerprint density at radius 1 is 1.31 bits per heavy atom. The van der Waals surface area contributed by atoms with Crippen molar-refractivity contribution >= 4 is 19.4 Å². The maximum atomic E-state index is 5.13. The van der Waals surface area contributed by atoms with E-state index in [2.05, 4.69) is 40.0 Å². The second-order valence-corrected chi connectivity index (χ2v) is 5.68. The molecule has 0 saturated carbocycles. The van der Waals surface area contributed by atoms with Crippen molar-refractivity contribution < 1.29 is 9.30 Å². The third-order valence-corrected chi connectivity index (χ3v) is 4.43. The van der Waals surface area contributed by atoms with E-state index in [-0.39, 0.29) is 0 Å². The van der Waals surface area contributed by atoms with Crippen molar-refractivity contribution in [3.8, 4) is 5.75 Å². The molecule has 16 heavy (non-hydrogen) atoms. The molecule has 0 unspecified atom stereocenters. The summed E-state index contributed by atoms with van der Waals surface area (Å²) in [5, 5.41) is 0. The zero-order chi connectivity index (χ0) is 11.4. The minimum atomic E-state index is 0.471. The summed E-state index contributed by atoms with van der Waals surface area (Å²) in [7, 11) is 3.73. The third-order valence-electron chi connectivity index (χ3n) is 2.26. The number of methoxy groups -OCH3 is 1. The molecule has 2 rings (SSSR count). The van der Waals surface area contributed by atoms with Crippen LogP contribution in [0.3, 0.4) is 0 Å². The molecule has 0 bridgehead atoms. The van der Waals surface area contributed by atoms with Crippen molar-refractivity contribution in [2.45, 2.75) is 5.44 Å². The van der Waals surface area contributed by atoms with Crippen molar-refractivity contribution in [1.29, 1.82) is 0 Å². The van der Waals surface area contributed by atoms with E-state index >= 15 is 0 Å². The Kier molecular flexibility index (Phi) is 3.65. The number of rotatable bonds is 4. The van der Waals surface area contributed by atoms with Crippen LogP contribution in [0.5, 0.6) is 5.75 Å². The summed E-state index contributed by atoms with van der Waals surface area (Å²) in [4.78, 5) is 0. The van der Waals surface area contributed by atoms with Crippen LogP contribution in [0.1, 0.15) is 0 Å². The molecule has 2 aromatic rings.